The molecule has 3 heterocycles. The fraction of sp³-hybridized carbons (Fsp3) is 0.362. The Morgan fingerprint density at radius 2 is 1.37 bits per heavy atom. The van der Waals surface area contributed by atoms with E-state index in [2.05, 4.69) is 47.2 Å². The molecule has 8 atom stereocenters. The molecule has 1 aliphatic heterocycles. The van der Waals surface area contributed by atoms with Crippen LogP contribution in [0.25, 0.3) is 21.7 Å². The Balaban J connectivity index is 1.24. The normalized spacial score (nSPS) is 20.7. The number of amides is 8. The molecule has 2 aromatic heterocycles. The first kappa shape index (κ1) is 60.8. The van der Waals surface area contributed by atoms with Gasteiger partial charge in [-0.1, -0.05) is 114 Å². The smallest absolute Gasteiger partial charge is 0.244 e. The van der Waals surface area contributed by atoms with Gasteiger partial charge in [-0.25, -0.2) is 4.39 Å². The number of fused-ring (bicyclic) bond motifs is 2. The van der Waals surface area contributed by atoms with Gasteiger partial charge in [0.25, 0.3) is 0 Å². The molecule has 20 nitrogen and oxygen atoms in total. The van der Waals surface area contributed by atoms with Gasteiger partial charge in [0.05, 0.1) is 6.04 Å². The van der Waals surface area contributed by atoms with Gasteiger partial charge in [-0.15, -0.1) is 0 Å². The standard InChI is InChI=1S/C58H69FN12O8S2/c1-33(2)50-58(79)70-49(56(77)66-45(51(62)72)26-35-16-19-37-11-3-4-12-38(37)24-35)32-81-80-31-48(69-52(73)42(61)25-34-17-20-40(59)21-18-34)57(78)67-46(27-36-10-9-23-63-29-36)54(75)68-47(28-39-30-64-43-14-6-5-13-41(39)43)55(76)65-44(53(74)71-50)15-7-8-22-60/h3-6,9-14,16-21,23-24,29-30,33,42,44-50,64H,7-8,15,22,25-28,31-32,60-61H2,1-2H3,(H2,62,72)(H,65,76)(H,66,77)(H,67,78)(H,68,75)(H,69,73)(H,70,79)(H,71,74)/t42-,44-,45-,46-,47+,48+,49-,50-/m0/s1. The predicted molar refractivity (Wildman–Crippen MR) is 311 cm³/mol. The number of nitrogens with zero attached hydrogens (tertiary/aromatic N) is 1. The Labute approximate surface area is 476 Å². The number of aromatic amines is 1. The minimum absolute atomic E-state index is 0.0125. The van der Waals surface area contributed by atoms with E-state index in [9.17, 15) is 42.7 Å². The third kappa shape index (κ3) is 17.6. The number of H-pyrrole nitrogens is 1. The molecule has 0 aliphatic carbocycles. The lowest BCUT2D eigenvalue weighted by atomic mass is 10.00. The van der Waals surface area contributed by atoms with Gasteiger partial charge in [0.2, 0.25) is 47.3 Å². The summed E-state index contributed by atoms with van der Waals surface area (Å²) in [5.41, 5.74) is 21.3. The summed E-state index contributed by atoms with van der Waals surface area (Å²) in [7, 11) is 2.09. The summed E-state index contributed by atoms with van der Waals surface area (Å²) in [6.07, 6.45) is 5.51. The maximum absolute atomic E-state index is 14.9. The summed E-state index contributed by atoms with van der Waals surface area (Å²) in [5, 5.41) is 22.1. The molecule has 7 rings (SSSR count). The molecule has 428 valence electrons. The Morgan fingerprint density at radius 1 is 0.704 bits per heavy atom. The van der Waals surface area contributed by atoms with E-state index in [1.807, 2.05) is 66.7 Å². The number of aromatic nitrogens is 2. The van der Waals surface area contributed by atoms with Gasteiger partial charge in [0.15, 0.2) is 0 Å². The highest BCUT2D eigenvalue weighted by atomic mass is 33.1. The zero-order valence-electron chi connectivity index (χ0n) is 45.0. The van der Waals surface area contributed by atoms with E-state index in [1.165, 1.54) is 30.5 Å². The molecule has 1 aliphatic rings. The van der Waals surface area contributed by atoms with Gasteiger partial charge in [-0.05, 0) is 95.4 Å². The van der Waals surface area contributed by atoms with Crippen LogP contribution in [0.15, 0.2) is 122 Å². The van der Waals surface area contributed by atoms with Crippen molar-refractivity contribution in [3.05, 3.63) is 150 Å². The van der Waals surface area contributed by atoms with E-state index < -0.39 is 107 Å². The number of primary amides is 1. The molecule has 4 aromatic carbocycles. The molecule has 6 aromatic rings. The van der Waals surface area contributed by atoms with E-state index in [4.69, 9.17) is 17.2 Å². The van der Waals surface area contributed by atoms with Gasteiger partial charge in [0.1, 0.15) is 48.1 Å². The van der Waals surface area contributed by atoms with Crippen LogP contribution in [-0.4, -0.2) is 124 Å². The highest BCUT2D eigenvalue weighted by Gasteiger charge is 2.36. The van der Waals surface area contributed by atoms with Crippen LogP contribution >= 0.6 is 21.6 Å². The summed E-state index contributed by atoms with van der Waals surface area (Å²) in [6, 6.07) is 18.9. The maximum atomic E-state index is 14.9. The highest BCUT2D eigenvalue weighted by Crippen LogP contribution is 2.25. The zero-order valence-corrected chi connectivity index (χ0v) is 46.6. The number of hydrogen-bond acceptors (Lipinski definition) is 13. The molecule has 8 amide bonds. The van der Waals surface area contributed by atoms with Crippen LogP contribution in [0.1, 0.15) is 55.4 Å². The van der Waals surface area contributed by atoms with Crippen LogP contribution in [0.4, 0.5) is 4.39 Å². The molecule has 1 saturated heterocycles. The molecule has 14 N–H and O–H groups in total. The number of carbonyl (C=O) groups is 8. The molecule has 0 saturated carbocycles. The van der Waals surface area contributed by atoms with Gasteiger partial charge in [-0.2, -0.15) is 0 Å². The number of halogens is 1. The number of pyridine rings is 1. The van der Waals surface area contributed by atoms with Crippen molar-refractivity contribution in [1.82, 2.24) is 47.2 Å². The second-order valence-electron chi connectivity index (χ2n) is 20.3. The van der Waals surface area contributed by atoms with E-state index in [1.54, 1.807) is 38.4 Å². The van der Waals surface area contributed by atoms with Gasteiger partial charge < -0.3 is 59.4 Å². The molecule has 1 fully saturated rings. The number of hydrogen-bond donors (Lipinski definition) is 11. The van der Waals surface area contributed by atoms with Gasteiger partial charge in [-0.3, -0.25) is 43.3 Å². The third-order valence-corrected chi connectivity index (χ3v) is 16.2. The minimum atomic E-state index is -1.40. The number of unbranched alkanes of at least 4 members (excludes halogenated alkanes) is 1. The summed E-state index contributed by atoms with van der Waals surface area (Å²) in [4.78, 5) is 122. The van der Waals surface area contributed by atoms with Crippen molar-refractivity contribution in [2.45, 2.75) is 107 Å². The number of nitrogens with one attached hydrogen (secondary N) is 8. The minimum Gasteiger partial charge on any atom is -0.368 e. The van der Waals surface area contributed by atoms with E-state index in [0.29, 0.717) is 35.1 Å². The Bertz CT molecular complexity index is 3170. The highest BCUT2D eigenvalue weighted by molar-refractivity contribution is 8.76. The van der Waals surface area contributed by atoms with Crippen molar-refractivity contribution in [2.24, 2.45) is 23.1 Å². The average molecular weight is 1150 g/mol. The quantitative estimate of drug-likeness (QED) is 0.0436. The third-order valence-electron chi connectivity index (χ3n) is 13.8. The molecule has 81 heavy (non-hydrogen) atoms. The van der Waals surface area contributed by atoms with Crippen molar-refractivity contribution in [3.63, 3.8) is 0 Å². The summed E-state index contributed by atoms with van der Waals surface area (Å²) in [5.74, 6) is -7.66. The lowest BCUT2D eigenvalue weighted by molar-refractivity contribution is -0.136. The Kier molecular flexibility index (Phi) is 22.2. The monoisotopic (exact) mass is 1140 g/mol. The summed E-state index contributed by atoms with van der Waals surface area (Å²) in [6.45, 7) is 3.67. The van der Waals surface area contributed by atoms with E-state index >= 15 is 0 Å². The Morgan fingerprint density at radius 3 is 2.09 bits per heavy atom. The molecule has 0 bridgehead atoms. The molecule has 0 spiro atoms. The number of para-hydroxylation sites is 1. The van der Waals surface area contributed by atoms with Crippen LogP contribution in [0.2, 0.25) is 0 Å². The number of benzene rings is 4. The first-order valence-electron chi connectivity index (χ1n) is 26.7. The predicted octanol–water partition coefficient (Wildman–Crippen LogP) is 2.51. The first-order valence-corrected chi connectivity index (χ1v) is 29.2. The summed E-state index contributed by atoms with van der Waals surface area (Å²) < 4.78 is 13.8. The second-order valence-corrected chi connectivity index (χ2v) is 22.9. The van der Waals surface area contributed by atoms with Gasteiger partial charge >= 0.3 is 0 Å². The van der Waals surface area contributed by atoms with Gasteiger partial charge in [0, 0.05) is 60.3 Å². The molecule has 0 unspecified atom stereocenters. The lowest BCUT2D eigenvalue weighted by Gasteiger charge is -2.29. The number of rotatable bonds is 18. The largest absolute Gasteiger partial charge is 0.368 e. The van der Waals surface area contributed by atoms with Crippen molar-refractivity contribution >= 4 is 90.5 Å². The van der Waals surface area contributed by atoms with E-state index in [0.717, 1.165) is 43.3 Å². The van der Waals surface area contributed by atoms with Crippen molar-refractivity contribution in [1.29, 1.82) is 0 Å². The molecule has 0 radical (unpaired) electrons. The number of nitrogens with two attached hydrogens (primary N) is 3. The van der Waals surface area contributed by atoms with Crippen molar-refractivity contribution < 1.29 is 42.7 Å². The maximum Gasteiger partial charge on any atom is 0.244 e. The topological polar surface area (TPSA) is 328 Å². The molecular formula is C58H69FN12O8S2. The second kappa shape index (κ2) is 29.6. The van der Waals surface area contributed by atoms with Crippen LogP contribution in [-0.2, 0) is 64.0 Å². The average Bonchev–Trinajstić information content (AvgIpc) is 3.91. The first-order chi connectivity index (χ1) is 39.0. The van der Waals surface area contributed by atoms with Crippen LogP contribution in [0.3, 0.4) is 0 Å². The SMILES string of the molecule is CC(C)[C@@H]1NC(=O)[C@H](CCCCN)NC(=O)[C@@H](Cc2c[nH]c3ccccc23)NC(=O)[C@H](Cc2cccnc2)NC(=O)[C@H](NC(=O)[C@@H](N)Cc2ccc(F)cc2)CSSC[C@@H](C(=O)N[C@@H](Cc2ccc3ccccc3c2)C(N)=O)NC1=O. The van der Waals surface area contributed by atoms with E-state index in [-0.39, 0.29) is 50.2 Å². The molecule has 23 heteroatoms. The molecular weight excluding hydrogens is 1080 g/mol. The van der Waals surface area contributed by atoms with Crippen LogP contribution < -0.4 is 54.4 Å². The van der Waals surface area contributed by atoms with Crippen LogP contribution in [0, 0.1) is 11.7 Å². The lowest BCUT2D eigenvalue weighted by Crippen LogP contribution is -2.61. The number of carbonyl (C=O) groups excluding carboxylic acids is 8. The zero-order chi connectivity index (χ0) is 58.0. The van der Waals surface area contributed by atoms with Crippen LogP contribution in [0.5, 0.6) is 0 Å². The Hall–Kier alpha value is -7.86. The summed E-state index contributed by atoms with van der Waals surface area (Å²) >= 11 is 0. The fourth-order valence-corrected chi connectivity index (χ4v) is 11.6. The van der Waals surface area contributed by atoms with Crippen molar-refractivity contribution in [3.8, 4) is 0 Å². The van der Waals surface area contributed by atoms with Crippen molar-refractivity contribution in [2.75, 3.05) is 18.1 Å². The fourth-order valence-electron chi connectivity index (χ4n) is 9.26.